The van der Waals surface area contributed by atoms with Crippen molar-refractivity contribution in [1.82, 2.24) is 5.16 Å². The highest BCUT2D eigenvalue weighted by Gasteiger charge is 2.28. The van der Waals surface area contributed by atoms with Crippen molar-refractivity contribution in [2.24, 2.45) is 0 Å². The molecule has 0 radical (unpaired) electrons. The molecule has 0 aliphatic heterocycles. The maximum atomic E-state index is 13.8. The Morgan fingerprint density at radius 2 is 1.92 bits per heavy atom. The largest absolute Gasteiger partial charge is 0.356 e. The molecule has 1 aromatic carbocycles. The number of rotatable bonds is 4. The van der Waals surface area contributed by atoms with Gasteiger partial charge in [0.25, 0.3) is 10.0 Å². The summed E-state index contributed by atoms with van der Waals surface area (Å²) in [6.07, 6.45) is 1.40. The van der Waals surface area contributed by atoms with Crippen molar-refractivity contribution < 1.29 is 21.7 Å². The third-order valence-corrected chi connectivity index (χ3v) is 6.02. The van der Waals surface area contributed by atoms with Gasteiger partial charge in [-0.1, -0.05) is 5.16 Å². The molecule has 0 amide bonds. The highest BCUT2D eigenvalue weighted by molar-refractivity contribution is 7.93. The van der Waals surface area contributed by atoms with Crippen LogP contribution in [0.3, 0.4) is 0 Å². The van der Waals surface area contributed by atoms with Crippen molar-refractivity contribution in [1.29, 1.82) is 0 Å². The van der Waals surface area contributed by atoms with Crippen molar-refractivity contribution in [3.05, 3.63) is 51.9 Å². The molecule has 9 heteroatoms. The van der Waals surface area contributed by atoms with Crippen LogP contribution < -0.4 is 4.72 Å². The molecule has 2 aromatic heterocycles. The van der Waals surface area contributed by atoms with Crippen molar-refractivity contribution in [2.75, 3.05) is 4.72 Å². The van der Waals surface area contributed by atoms with E-state index in [0.717, 1.165) is 18.2 Å². The average molecular weight is 370 g/mol. The Morgan fingerprint density at radius 1 is 1.17 bits per heavy atom. The normalized spacial score (nSPS) is 11.7. The van der Waals surface area contributed by atoms with Crippen LogP contribution in [-0.2, 0) is 10.0 Å². The van der Waals surface area contributed by atoms with Gasteiger partial charge in [-0.25, -0.2) is 17.2 Å². The first-order chi connectivity index (χ1) is 11.3. The molecule has 2 heterocycles. The SMILES string of the molecule is Cc1sc(C)c(S(=O)(=O)Nc2cc(F)ccc2F)c1-c1ccno1. The van der Waals surface area contributed by atoms with E-state index < -0.39 is 27.3 Å². The zero-order chi connectivity index (χ0) is 17.5. The Hall–Kier alpha value is -2.26. The van der Waals surface area contributed by atoms with Gasteiger partial charge in [0, 0.05) is 21.9 Å². The zero-order valence-electron chi connectivity index (χ0n) is 12.6. The van der Waals surface area contributed by atoms with Gasteiger partial charge < -0.3 is 4.52 Å². The molecule has 3 aromatic rings. The lowest BCUT2D eigenvalue weighted by Gasteiger charge is -2.10. The van der Waals surface area contributed by atoms with Gasteiger partial charge in [-0.3, -0.25) is 4.72 Å². The van der Waals surface area contributed by atoms with Crippen LogP contribution in [0.25, 0.3) is 11.3 Å². The molecule has 1 N–H and O–H groups in total. The van der Waals surface area contributed by atoms with Crippen LogP contribution in [0.1, 0.15) is 9.75 Å². The molecule has 0 bridgehead atoms. The summed E-state index contributed by atoms with van der Waals surface area (Å²) in [4.78, 5) is 1.18. The van der Waals surface area contributed by atoms with E-state index in [9.17, 15) is 17.2 Å². The molecule has 24 heavy (non-hydrogen) atoms. The Morgan fingerprint density at radius 3 is 2.58 bits per heavy atom. The molecular weight excluding hydrogens is 358 g/mol. The van der Waals surface area contributed by atoms with Crippen molar-refractivity contribution >= 4 is 27.0 Å². The quantitative estimate of drug-likeness (QED) is 0.750. The number of aryl methyl sites for hydroxylation is 2. The first kappa shape index (κ1) is 16.6. The second kappa shape index (κ2) is 5.99. The Balaban J connectivity index is 2.13. The fourth-order valence-electron chi connectivity index (χ4n) is 2.39. The number of halogens is 2. The van der Waals surface area contributed by atoms with Crippen molar-refractivity contribution in [2.45, 2.75) is 18.7 Å². The van der Waals surface area contributed by atoms with E-state index in [1.807, 2.05) is 0 Å². The maximum absolute atomic E-state index is 13.8. The molecule has 3 rings (SSSR count). The zero-order valence-corrected chi connectivity index (χ0v) is 14.3. The van der Waals surface area contributed by atoms with Crippen molar-refractivity contribution in [3.63, 3.8) is 0 Å². The number of anilines is 1. The van der Waals surface area contributed by atoms with Gasteiger partial charge in [0.2, 0.25) is 0 Å². The van der Waals surface area contributed by atoms with E-state index in [0.29, 0.717) is 15.3 Å². The van der Waals surface area contributed by atoms with Crippen molar-refractivity contribution in [3.8, 4) is 11.3 Å². The molecule has 0 saturated heterocycles. The monoisotopic (exact) mass is 370 g/mol. The van der Waals surface area contributed by atoms with Crippen LogP contribution in [0.15, 0.2) is 39.9 Å². The molecule has 0 fully saturated rings. The van der Waals surface area contributed by atoms with Crippen LogP contribution in [0, 0.1) is 25.5 Å². The number of hydrogen-bond acceptors (Lipinski definition) is 5. The lowest BCUT2D eigenvalue weighted by molar-refractivity contribution is 0.431. The third kappa shape index (κ3) is 2.92. The molecule has 0 aliphatic rings. The summed E-state index contributed by atoms with van der Waals surface area (Å²) in [5, 5.41) is 3.59. The van der Waals surface area contributed by atoms with E-state index in [1.54, 1.807) is 13.8 Å². The fraction of sp³-hybridized carbons (Fsp3) is 0.133. The van der Waals surface area contributed by atoms with Gasteiger partial charge in [0.05, 0.1) is 17.4 Å². The summed E-state index contributed by atoms with van der Waals surface area (Å²) in [6.45, 7) is 3.38. The van der Waals surface area contributed by atoms with Gasteiger partial charge in [0.15, 0.2) is 5.76 Å². The van der Waals surface area contributed by atoms with E-state index >= 15 is 0 Å². The third-order valence-electron chi connectivity index (χ3n) is 3.33. The number of aromatic nitrogens is 1. The summed E-state index contributed by atoms with van der Waals surface area (Å²) >= 11 is 1.26. The van der Waals surface area contributed by atoms with E-state index in [-0.39, 0.29) is 10.7 Å². The van der Waals surface area contributed by atoms with E-state index in [4.69, 9.17) is 4.52 Å². The smallest absolute Gasteiger partial charge is 0.263 e. The minimum Gasteiger partial charge on any atom is -0.356 e. The molecule has 0 atom stereocenters. The predicted octanol–water partition coefficient (Wildman–Crippen LogP) is 4.10. The minimum atomic E-state index is -4.15. The van der Waals surface area contributed by atoms with Gasteiger partial charge in [-0.15, -0.1) is 11.3 Å². The average Bonchev–Trinajstić information content (AvgIpc) is 3.10. The van der Waals surface area contributed by atoms with Gasteiger partial charge >= 0.3 is 0 Å². The van der Waals surface area contributed by atoms with E-state index in [1.165, 1.54) is 23.6 Å². The highest BCUT2D eigenvalue weighted by Crippen LogP contribution is 2.39. The molecule has 126 valence electrons. The van der Waals surface area contributed by atoms with Crippen LogP contribution in [0.4, 0.5) is 14.5 Å². The summed E-state index contributed by atoms with van der Waals surface area (Å²) in [5.74, 6) is -1.33. The predicted molar refractivity (Wildman–Crippen MR) is 86.5 cm³/mol. The Bertz CT molecular complexity index is 996. The Labute approximate surface area is 141 Å². The maximum Gasteiger partial charge on any atom is 0.263 e. The topological polar surface area (TPSA) is 72.2 Å². The van der Waals surface area contributed by atoms with E-state index in [2.05, 4.69) is 9.88 Å². The van der Waals surface area contributed by atoms with Crippen LogP contribution >= 0.6 is 11.3 Å². The summed E-state index contributed by atoms with van der Waals surface area (Å²) < 4.78 is 59.8. The summed E-state index contributed by atoms with van der Waals surface area (Å²) in [6, 6.07) is 4.09. The first-order valence-electron chi connectivity index (χ1n) is 6.78. The Kier molecular flexibility index (Phi) is 4.14. The molecule has 0 aliphatic carbocycles. The fourth-order valence-corrected chi connectivity index (χ4v) is 5.31. The molecule has 5 nitrogen and oxygen atoms in total. The summed E-state index contributed by atoms with van der Waals surface area (Å²) in [7, 11) is -4.15. The number of nitrogens with one attached hydrogen (secondary N) is 1. The number of thiophene rings is 1. The number of hydrogen-bond donors (Lipinski definition) is 1. The summed E-state index contributed by atoms with van der Waals surface area (Å²) in [5.41, 5.74) is -0.0962. The lowest BCUT2D eigenvalue weighted by Crippen LogP contribution is -2.15. The van der Waals surface area contributed by atoms with Crippen LogP contribution in [-0.4, -0.2) is 13.6 Å². The molecule has 0 saturated carbocycles. The molecular formula is C15H12F2N2O3S2. The van der Waals surface area contributed by atoms with Gasteiger partial charge in [-0.05, 0) is 26.0 Å². The molecule has 0 unspecified atom stereocenters. The number of sulfonamides is 1. The minimum absolute atomic E-state index is 0.0367. The van der Waals surface area contributed by atoms with Gasteiger partial charge in [-0.2, -0.15) is 0 Å². The van der Waals surface area contributed by atoms with Crippen LogP contribution in [0.5, 0.6) is 0 Å². The number of nitrogens with zero attached hydrogens (tertiary/aromatic N) is 1. The molecule has 0 spiro atoms. The second-order valence-electron chi connectivity index (χ2n) is 5.02. The lowest BCUT2D eigenvalue weighted by atomic mass is 10.2. The van der Waals surface area contributed by atoms with Gasteiger partial charge in [0.1, 0.15) is 16.5 Å². The highest BCUT2D eigenvalue weighted by atomic mass is 32.2. The number of benzene rings is 1. The van der Waals surface area contributed by atoms with Crippen LogP contribution in [0.2, 0.25) is 0 Å². The first-order valence-corrected chi connectivity index (χ1v) is 9.08. The second-order valence-corrected chi connectivity index (χ2v) is 8.07. The standard InChI is InChI=1S/C15H12F2N2O3S2/c1-8-14(13-5-6-18-22-13)15(9(2)23-8)24(20,21)19-12-7-10(16)3-4-11(12)17/h3-7,19H,1-2H3.